The van der Waals surface area contributed by atoms with Crippen LogP contribution in [0.5, 0.6) is 0 Å². The van der Waals surface area contributed by atoms with Gasteiger partial charge in [0.25, 0.3) is 5.92 Å². The first kappa shape index (κ1) is 14.8. The lowest BCUT2D eigenvalue weighted by Crippen LogP contribution is -2.27. The maximum atomic E-state index is 12.8. The molecular weight excluding hydrogens is 228 g/mol. The number of rotatable bonds is 8. The molecule has 1 aliphatic rings. The van der Waals surface area contributed by atoms with Crippen LogP contribution in [0.4, 0.5) is 8.78 Å². The molecule has 17 heavy (non-hydrogen) atoms. The molecule has 1 heterocycles. The molecule has 1 fully saturated rings. The minimum absolute atomic E-state index is 0.0996. The van der Waals surface area contributed by atoms with Gasteiger partial charge < -0.3 is 10.9 Å². The number of halogens is 2. The first-order valence-corrected chi connectivity index (χ1v) is 6.27. The van der Waals surface area contributed by atoms with Gasteiger partial charge >= 0.3 is 0 Å². The first-order chi connectivity index (χ1) is 8.03. The number of nitrogens with zero attached hydrogens (tertiary/aromatic N) is 2. The smallest absolute Gasteiger partial charge is 0.260 e. The van der Waals surface area contributed by atoms with E-state index in [9.17, 15) is 8.78 Å². The van der Waals surface area contributed by atoms with Crippen LogP contribution in [0.25, 0.3) is 0 Å². The zero-order valence-electron chi connectivity index (χ0n) is 10.2. The van der Waals surface area contributed by atoms with Crippen molar-refractivity contribution < 1.29 is 14.0 Å². The zero-order chi connectivity index (χ0) is 12.7. The predicted octanol–water partition coefficient (Wildman–Crippen LogP) is 1.50. The predicted molar refractivity (Wildman–Crippen MR) is 62.0 cm³/mol. The second-order valence-corrected chi connectivity index (χ2v) is 4.71. The van der Waals surface area contributed by atoms with E-state index in [4.69, 9.17) is 10.9 Å². The van der Waals surface area contributed by atoms with E-state index in [1.165, 1.54) is 5.06 Å². The minimum Gasteiger partial charge on any atom is -0.325 e. The lowest BCUT2D eigenvalue weighted by Gasteiger charge is -2.15. The van der Waals surface area contributed by atoms with Crippen molar-refractivity contribution in [3.63, 3.8) is 0 Å². The van der Waals surface area contributed by atoms with Gasteiger partial charge in [0.2, 0.25) is 0 Å². The van der Waals surface area contributed by atoms with Gasteiger partial charge in [-0.2, -0.15) is 5.06 Å². The van der Waals surface area contributed by atoms with Gasteiger partial charge in [0, 0.05) is 19.5 Å². The fourth-order valence-electron chi connectivity index (χ4n) is 1.99. The molecule has 0 aromatic rings. The van der Waals surface area contributed by atoms with E-state index < -0.39 is 12.5 Å². The van der Waals surface area contributed by atoms with Crippen molar-refractivity contribution in [3.8, 4) is 0 Å². The molecule has 0 aromatic carbocycles. The first-order valence-electron chi connectivity index (χ1n) is 6.27. The van der Waals surface area contributed by atoms with Crippen LogP contribution in [0.1, 0.15) is 32.1 Å². The van der Waals surface area contributed by atoms with Crippen LogP contribution in [0.2, 0.25) is 0 Å². The molecule has 0 aromatic heterocycles. The Morgan fingerprint density at radius 3 is 2.41 bits per heavy atom. The van der Waals surface area contributed by atoms with E-state index in [1.54, 1.807) is 0 Å². The fourth-order valence-corrected chi connectivity index (χ4v) is 1.99. The second-order valence-electron chi connectivity index (χ2n) is 4.71. The summed E-state index contributed by atoms with van der Waals surface area (Å²) in [6.07, 6.45) is 3.23. The van der Waals surface area contributed by atoms with Gasteiger partial charge in [-0.3, -0.25) is 4.90 Å². The molecular formula is C11H23F2N3O. The van der Waals surface area contributed by atoms with Crippen molar-refractivity contribution in [2.75, 3.05) is 32.8 Å². The summed E-state index contributed by atoms with van der Waals surface area (Å²) in [7, 11) is 0. The third kappa shape index (κ3) is 6.26. The summed E-state index contributed by atoms with van der Waals surface area (Å²) >= 11 is 0. The Morgan fingerprint density at radius 1 is 1.12 bits per heavy atom. The van der Waals surface area contributed by atoms with Crippen LogP contribution in [-0.2, 0) is 0 Å². The SMILES string of the molecule is NCC(F)(F)CCCCCCN1CCN(O)C1. The van der Waals surface area contributed by atoms with Crippen LogP contribution in [-0.4, -0.2) is 53.9 Å². The quantitative estimate of drug-likeness (QED) is 0.642. The summed E-state index contributed by atoms with van der Waals surface area (Å²) < 4.78 is 25.6. The van der Waals surface area contributed by atoms with Crippen LogP contribution in [0, 0.1) is 0 Å². The molecule has 1 saturated heterocycles. The Hall–Kier alpha value is -0.300. The molecule has 1 aliphatic heterocycles. The Labute approximate surface area is 101 Å². The van der Waals surface area contributed by atoms with Crippen molar-refractivity contribution in [2.45, 2.75) is 38.0 Å². The highest BCUT2D eigenvalue weighted by atomic mass is 19.3. The number of hydrogen-bond acceptors (Lipinski definition) is 4. The van der Waals surface area contributed by atoms with Gasteiger partial charge in [-0.1, -0.05) is 12.8 Å². The van der Waals surface area contributed by atoms with Crippen LogP contribution in [0.15, 0.2) is 0 Å². The highest BCUT2D eigenvalue weighted by Crippen LogP contribution is 2.20. The van der Waals surface area contributed by atoms with Gasteiger partial charge in [-0.05, 0) is 19.4 Å². The molecule has 0 aliphatic carbocycles. The largest absolute Gasteiger partial charge is 0.325 e. The zero-order valence-corrected chi connectivity index (χ0v) is 10.2. The van der Waals surface area contributed by atoms with Gasteiger partial charge in [-0.25, -0.2) is 8.78 Å². The van der Waals surface area contributed by atoms with E-state index in [-0.39, 0.29) is 6.42 Å². The number of hydrogen-bond donors (Lipinski definition) is 2. The average Bonchev–Trinajstić information content (AvgIpc) is 2.69. The number of alkyl halides is 2. The highest BCUT2D eigenvalue weighted by Gasteiger charge is 2.25. The number of hydroxylamine groups is 2. The summed E-state index contributed by atoms with van der Waals surface area (Å²) in [4.78, 5) is 2.16. The van der Waals surface area contributed by atoms with E-state index in [1.807, 2.05) is 0 Å². The van der Waals surface area contributed by atoms with E-state index in [2.05, 4.69) is 4.90 Å². The summed E-state index contributed by atoms with van der Waals surface area (Å²) in [6, 6.07) is 0. The molecule has 0 spiro atoms. The summed E-state index contributed by atoms with van der Waals surface area (Å²) in [5.74, 6) is -2.69. The molecule has 0 unspecified atom stereocenters. The van der Waals surface area contributed by atoms with E-state index in [0.717, 1.165) is 32.4 Å². The second kappa shape index (κ2) is 7.20. The molecule has 1 rings (SSSR count). The monoisotopic (exact) mass is 251 g/mol. The third-order valence-corrected chi connectivity index (χ3v) is 3.10. The Morgan fingerprint density at radius 2 is 1.82 bits per heavy atom. The van der Waals surface area contributed by atoms with Crippen LogP contribution in [0.3, 0.4) is 0 Å². The molecule has 4 nitrogen and oxygen atoms in total. The molecule has 0 atom stereocenters. The average molecular weight is 251 g/mol. The molecule has 0 bridgehead atoms. The standard InChI is InChI=1S/C11H23F2N3O/c12-11(13,9-14)5-3-1-2-4-6-15-7-8-16(17)10-15/h17H,1-10,14H2. The van der Waals surface area contributed by atoms with Crippen molar-refractivity contribution in [3.05, 3.63) is 0 Å². The third-order valence-electron chi connectivity index (χ3n) is 3.10. The molecule has 102 valence electrons. The van der Waals surface area contributed by atoms with Gasteiger partial charge in [0.05, 0.1) is 13.2 Å². The van der Waals surface area contributed by atoms with Crippen molar-refractivity contribution in [1.82, 2.24) is 9.96 Å². The van der Waals surface area contributed by atoms with E-state index >= 15 is 0 Å². The topological polar surface area (TPSA) is 52.7 Å². The lowest BCUT2D eigenvalue weighted by molar-refractivity contribution is -0.0807. The maximum Gasteiger partial charge on any atom is 0.260 e. The minimum atomic E-state index is -2.69. The molecule has 0 radical (unpaired) electrons. The number of nitrogens with two attached hydrogens (primary N) is 1. The summed E-state index contributed by atoms with van der Waals surface area (Å²) in [5.41, 5.74) is 4.96. The summed E-state index contributed by atoms with van der Waals surface area (Å²) in [6.45, 7) is 2.58. The molecule has 0 amide bonds. The lowest BCUT2D eigenvalue weighted by atomic mass is 10.1. The van der Waals surface area contributed by atoms with Crippen LogP contribution < -0.4 is 5.73 Å². The van der Waals surface area contributed by atoms with E-state index in [0.29, 0.717) is 19.6 Å². The van der Waals surface area contributed by atoms with Crippen molar-refractivity contribution in [1.29, 1.82) is 0 Å². The molecule has 6 heteroatoms. The van der Waals surface area contributed by atoms with Crippen molar-refractivity contribution in [2.24, 2.45) is 5.73 Å². The van der Waals surface area contributed by atoms with Crippen molar-refractivity contribution >= 4 is 0 Å². The molecule has 0 saturated carbocycles. The molecule has 3 N–H and O–H groups in total. The maximum absolute atomic E-state index is 12.8. The number of unbranched alkanes of at least 4 members (excludes halogenated alkanes) is 3. The van der Waals surface area contributed by atoms with Gasteiger partial charge in [-0.15, -0.1) is 0 Å². The normalized spacial score (nSPS) is 19.1. The fraction of sp³-hybridized carbons (Fsp3) is 1.00. The highest BCUT2D eigenvalue weighted by molar-refractivity contribution is 4.67. The Kier molecular flexibility index (Phi) is 6.26. The van der Waals surface area contributed by atoms with Gasteiger partial charge in [0.15, 0.2) is 0 Å². The van der Waals surface area contributed by atoms with Crippen LogP contribution >= 0.6 is 0 Å². The van der Waals surface area contributed by atoms with Gasteiger partial charge in [0.1, 0.15) is 0 Å². The summed E-state index contributed by atoms with van der Waals surface area (Å²) in [5, 5.41) is 10.4. The Bertz CT molecular complexity index is 217. The Balaban J connectivity index is 1.91.